The number of halogens is 2. The number of fused-ring (bicyclic) bond motifs is 3. The number of carboxylic acids is 1. The number of anilines is 1. The summed E-state index contributed by atoms with van der Waals surface area (Å²) in [6.07, 6.45) is 5.35. The van der Waals surface area contributed by atoms with Gasteiger partial charge in [-0.3, -0.25) is 9.78 Å². The lowest BCUT2D eigenvalue weighted by atomic mass is 9.61. The number of hydrogen-bond acceptors (Lipinski definition) is 5. The summed E-state index contributed by atoms with van der Waals surface area (Å²) in [6.45, 7) is 0. The number of aromatic nitrogens is 3. The van der Waals surface area contributed by atoms with Crippen molar-refractivity contribution in [2.75, 3.05) is 5.32 Å². The Hall–Kier alpha value is -2.09. The van der Waals surface area contributed by atoms with E-state index in [4.69, 9.17) is 0 Å². The Labute approximate surface area is 158 Å². The van der Waals surface area contributed by atoms with Crippen molar-refractivity contribution in [3.8, 4) is 11.4 Å². The van der Waals surface area contributed by atoms with Crippen LogP contribution < -0.4 is 5.32 Å². The van der Waals surface area contributed by atoms with E-state index < -0.39 is 17.7 Å². The first-order valence-corrected chi connectivity index (χ1v) is 9.47. The highest BCUT2D eigenvalue weighted by molar-refractivity contribution is 9.10. The van der Waals surface area contributed by atoms with E-state index in [9.17, 15) is 9.90 Å². The van der Waals surface area contributed by atoms with E-state index >= 15 is 4.39 Å². The Morgan fingerprint density at radius 2 is 1.92 bits per heavy atom. The third-order valence-corrected chi connectivity index (χ3v) is 5.89. The highest BCUT2D eigenvalue weighted by Crippen LogP contribution is 2.46. The van der Waals surface area contributed by atoms with Crippen molar-refractivity contribution in [3.05, 3.63) is 34.9 Å². The molecule has 2 N–H and O–H groups in total. The van der Waals surface area contributed by atoms with Gasteiger partial charge in [-0.05, 0) is 65.6 Å². The Kier molecular flexibility index (Phi) is 4.60. The molecule has 0 spiro atoms. The van der Waals surface area contributed by atoms with Crippen LogP contribution in [0.4, 0.5) is 10.2 Å². The molecule has 8 heteroatoms. The highest BCUT2D eigenvalue weighted by Gasteiger charge is 2.47. The normalized spacial score (nSPS) is 27.3. The van der Waals surface area contributed by atoms with Crippen molar-refractivity contribution in [2.24, 2.45) is 17.8 Å². The van der Waals surface area contributed by atoms with Crippen molar-refractivity contribution < 1.29 is 14.3 Å². The minimum Gasteiger partial charge on any atom is -0.481 e. The van der Waals surface area contributed by atoms with Crippen LogP contribution in [0.1, 0.15) is 25.7 Å². The first-order chi connectivity index (χ1) is 12.5. The molecule has 2 unspecified atom stereocenters. The predicted molar refractivity (Wildman–Crippen MR) is 96.9 cm³/mol. The van der Waals surface area contributed by atoms with Crippen LogP contribution in [0.2, 0.25) is 0 Å². The minimum atomic E-state index is -0.824. The summed E-state index contributed by atoms with van der Waals surface area (Å²) in [7, 11) is 0. The molecule has 2 aromatic rings. The van der Waals surface area contributed by atoms with E-state index in [0.29, 0.717) is 5.69 Å². The molecule has 3 aliphatic rings. The smallest absolute Gasteiger partial charge is 0.308 e. The third-order valence-electron chi connectivity index (χ3n) is 5.54. The van der Waals surface area contributed by atoms with E-state index in [-0.39, 0.29) is 34.1 Å². The summed E-state index contributed by atoms with van der Waals surface area (Å²) in [5.41, 5.74) is 0.485. The number of carboxylic acid groups (broad SMARTS) is 1. The number of rotatable bonds is 4. The summed E-state index contributed by atoms with van der Waals surface area (Å²) >= 11 is 3.22. The van der Waals surface area contributed by atoms with Crippen LogP contribution in [-0.4, -0.2) is 32.1 Å². The lowest BCUT2D eigenvalue weighted by Crippen LogP contribution is -2.51. The maximum atomic E-state index is 15.1. The number of hydrogen-bond donors (Lipinski definition) is 2. The van der Waals surface area contributed by atoms with Gasteiger partial charge >= 0.3 is 5.97 Å². The maximum absolute atomic E-state index is 15.1. The van der Waals surface area contributed by atoms with Crippen LogP contribution in [0.15, 0.2) is 29.1 Å². The predicted octanol–water partition coefficient (Wildman–Crippen LogP) is 3.74. The molecule has 2 bridgehead atoms. The summed E-state index contributed by atoms with van der Waals surface area (Å²) in [5.74, 6) is -1.58. The molecule has 3 fully saturated rings. The molecule has 5 rings (SSSR count). The van der Waals surface area contributed by atoms with Crippen LogP contribution in [0, 0.1) is 23.6 Å². The molecule has 0 aliphatic heterocycles. The fourth-order valence-corrected chi connectivity index (χ4v) is 4.71. The first-order valence-electron chi connectivity index (χ1n) is 8.68. The fourth-order valence-electron chi connectivity index (χ4n) is 4.36. The average molecular weight is 421 g/mol. The van der Waals surface area contributed by atoms with E-state index in [1.807, 2.05) is 0 Å². The van der Waals surface area contributed by atoms with Gasteiger partial charge in [-0.25, -0.2) is 14.4 Å². The quantitative estimate of drug-likeness (QED) is 0.732. The SMILES string of the molecule is O=C(O)C1C2CCC(CC2)C1Nc1nc(Br)nc(-c2ccccn2)c1F. The van der Waals surface area contributed by atoms with Gasteiger partial charge in [-0.15, -0.1) is 0 Å². The van der Waals surface area contributed by atoms with Crippen LogP contribution in [0.3, 0.4) is 0 Å². The second-order valence-electron chi connectivity index (χ2n) is 6.93. The number of nitrogens with zero attached hydrogens (tertiary/aromatic N) is 3. The molecule has 2 heterocycles. The van der Waals surface area contributed by atoms with Gasteiger partial charge < -0.3 is 10.4 Å². The fraction of sp³-hybridized carbons (Fsp3) is 0.444. The third kappa shape index (κ3) is 3.06. The summed E-state index contributed by atoms with van der Waals surface area (Å²) in [6, 6.07) is 4.84. The second-order valence-corrected chi connectivity index (χ2v) is 7.64. The summed E-state index contributed by atoms with van der Waals surface area (Å²) in [5, 5.41) is 12.8. The minimum absolute atomic E-state index is 0.0244. The number of aliphatic carboxylic acids is 1. The van der Waals surface area contributed by atoms with E-state index in [1.165, 1.54) is 0 Å². The van der Waals surface area contributed by atoms with Crippen molar-refractivity contribution in [1.82, 2.24) is 15.0 Å². The summed E-state index contributed by atoms with van der Waals surface area (Å²) in [4.78, 5) is 24.2. The molecule has 6 nitrogen and oxygen atoms in total. The Balaban J connectivity index is 1.70. The lowest BCUT2D eigenvalue weighted by Gasteiger charge is -2.47. The van der Waals surface area contributed by atoms with Crippen LogP contribution in [0.5, 0.6) is 0 Å². The second kappa shape index (κ2) is 6.90. The Morgan fingerprint density at radius 1 is 1.19 bits per heavy atom. The largest absolute Gasteiger partial charge is 0.481 e. The molecule has 26 heavy (non-hydrogen) atoms. The van der Waals surface area contributed by atoms with Gasteiger partial charge in [0, 0.05) is 12.2 Å². The summed E-state index contributed by atoms with van der Waals surface area (Å²) < 4.78 is 15.3. The molecular weight excluding hydrogens is 403 g/mol. The lowest BCUT2D eigenvalue weighted by molar-refractivity contribution is -0.148. The molecule has 0 saturated heterocycles. The average Bonchev–Trinajstić information content (AvgIpc) is 2.65. The van der Waals surface area contributed by atoms with Crippen LogP contribution in [-0.2, 0) is 4.79 Å². The zero-order valence-electron chi connectivity index (χ0n) is 13.9. The molecule has 3 saturated carbocycles. The van der Waals surface area contributed by atoms with Gasteiger partial charge in [0.25, 0.3) is 0 Å². The molecule has 0 radical (unpaired) electrons. The van der Waals surface area contributed by atoms with Gasteiger partial charge in [-0.1, -0.05) is 6.07 Å². The van der Waals surface area contributed by atoms with Crippen molar-refractivity contribution >= 4 is 27.7 Å². The van der Waals surface area contributed by atoms with Gasteiger partial charge in [-0.2, -0.15) is 0 Å². The molecule has 3 aliphatic carbocycles. The van der Waals surface area contributed by atoms with Gasteiger partial charge in [0.1, 0.15) is 5.69 Å². The van der Waals surface area contributed by atoms with Crippen molar-refractivity contribution in [3.63, 3.8) is 0 Å². The monoisotopic (exact) mass is 420 g/mol. The van der Waals surface area contributed by atoms with E-state index in [0.717, 1.165) is 25.7 Å². The molecule has 2 atom stereocenters. The molecule has 136 valence electrons. The van der Waals surface area contributed by atoms with Gasteiger partial charge in [0.15, 0.2) is 16.4 Å². The van der Waals surface area contributed by atoms with Crippen molar-refractivity contribution in [1.29, 1.82) is 0 Å². The maximum Gasteiger partial charge on any atom is 0.308 e. The number of carbonyl (C=O) groups is 1. The molecular formula is C18H18BrFN4O2. The molecule has 0 amide bonds. The first kappa shape index (κ1) is 17.3. The number of nitrogens with one attached hydrogen (secondary N) is 1. The molecule has 2 aromatic heterocycles. The zero-order valence-corrected chi connectivity index (χ0v) is 15.5. The highest BCUT2D eigenvalue weighted by atomic mass is 79.9. The zero-order chi connectivity index (χ0) is 18.3. The van der Waals surface area contributed by atoms with Gasteiger partial charge in [0.2, 0.25) is 0 Å². The van der Waals surface area contributed by atoms with Crippen LogP contribution in [0.25, 0.3) is 11.4 Å². The number of pyridine rings is 1. The molecule has 0 aromatic carbocycles. The van der Waals surface area contributed by atoms with E-state index in [2.05, 4.69) is 36.2 Å². The van der Waals surface area contributed by atoms with Crippen molar-refractivity contribution in [2.45, 2.75) is 31.7 Å². The standard InChI is InChI=1S/C18H18BrFN4O2/c19-18-23-15(11-3-1-2-8-21-11)13(20)16(24-18)22-14-10-6-4-9(5-7-10)12(14)17(25)26/h1-3,8-10,12,14H,4-7H2,(H,25,26)(H,22,23,24). The Bertz CT molecular complexity index is 827. The topological polar surface area (TPSA) is 88.0 Å². The van der Waals surface area contributed by atoms with E-state index in [1.54, 1.807) is 24.4 Å². The van der Waals surface area contributed by atoms with Gasteiger partial charge in [0.05, 0.1) is 11.6 Å². The van der Waals surface area contributed by atoms with Crippen LogP contribution >= 0.6 is 15.9 Å². The Morgan fingerprint density at radius 3 is 2.58 bits per heavy atom.